The van der Waals surface area contributed by atoms with Crippen LogP contribution in [-0.2, 0) is 0 Å². The zero-order valence-electron chi connectivity index (χ0n) is 8.28. The van der Waals surface area contributed by atoms with Gasteiger partial charge in [-0.25, -0.2) is 0 Å². The van der Waals surface area contributed by atoms with E-state index in [9.17, 15) is 0 Å². The third-order valence-corrected chi connectivity index (χ3v) is 1.73. The average Bonchev–Trinajstić information content (AvgIpc) is 1.97. The van der Waals surface area contributed by atoms with E-state index in [0.717, 1.165) is 12.3 Å². The fraction of sp³-hybridized carbons (Fsp3) is 0.818. The van der Waals surface area contributed by atoms with Crippen LogP contribution >= 0.6 is 0 Å². The molecule has 11 heavy (non-hydrogen) atoms. The quantitative estimate of drug-likeness (QED) is 0.543. The summed E-state index contributed by atoms with van der Waals surface area (Å²) in [5, 5.41) is 0. The van der Waals surface area contributed by atoms with E-state index in [1.807, 2.05) is 0 Å². The maximum absolute atomic E-state index is 3.30. The molecule has 0 aromatic rings. The minimum atomic E-state index is 0.634. The minimum absolute atomic E-state index is 0.634. The van der Waals surface area contributed by atoms with Crippen LogP contribution in [0.5, 0.6) is 0 Å². The number of hydrogen-bond donors (Lipinski definition) is 0. The van der Waals surface area contributed by atoms with E-state index in [0.29, 0.717) is 5.92 Å². The van der Waals surface area contributed by atoms with Gasteiger partial charge in [0.25, 0.3) is 0 Å². The second kappa shape index (κ2) is 6.28. The number of rotatable bonds is 3. The lowest BCUT2D eigenvalue weighted by atomic mass is 9.95. The Morgan fingerprint density at radius 3 is 2.18 bits per heavy atom. The van der Waals surface area contributed by atoms with Gasteiger partial charge >= 0.3 is 0 Å². The highest BCUT2D eigenvalue weighted by Gasteiger charge is 2.03. The zero-order valence-corrected chi connectivity index (χ0v) is 8.28. The van der Waals surface area contributed by atoms with Gasteiger partial charge in [-0.05, 0) is 18.8 Å². The predicted molar refractivity (Wildman–Crippen MR) is 51.3 cm³/mol. The van der Waals surface area contributed by atoms with Crippen LogP contribution in [0.15, 0.2) is 0 Å². The summed E-state index contributed by atoms with van der Waals surface area (Å²) in [4.78, 5) is 0. The molecule has 1 atom stereocenters. The van der Waals surface area contributed by atoms with Crippen LogP contribution in [-0.4, -0.2) is 0 Å². The van der Waals surface area contributed by atoms with E-state index in [2.05, 4.69) is 39.5 Å². The Morgan fingerprint density at radius 1 is 1.18 bits per heavy atom. The average molecular weight is 152 g/mol. The molecule has 0 aromatic carbocycles. The van der Waals surface area contributed by atoms with Crippen LogP contribution in [0, 0.1) is 23.7 Å². The van der Waals surface area contributed by atoms with Gasteiger partial charge in [0.2, 0.25) is 0 Å². The molecule has 0 N–H and O–H groups in total. The summed E-state index contributed by atoms with van der Waals surface area (Å²) in [7, 11) is 0. The predicted octanol–water partition coefficient (Wildman–Crippen LogP) is 3.47. The highest BCUT2D eigenvalue weighted by Crippen LogP contribution is 2.13. The first-order valence-electron chi connectivity index (χ1n) is 4.69. The lowest BCUT2D eigenvalue weighted by Crippen LogP contribution is -2.00. The smallest absolute Gasteiger partial charge is 0.0202 e. The third kappa shape index (κ3) is 5.98. The largest absolute Gasteiger partial charge is 0.103 e. The van der Waals surface area contributed by atoms with Crippen molar-refractivity contribution in [2.45, 2.75) is 47.0 Å². The SMILES string of the molecule is CCC#CC(CC)CC(C)C. The van der Waals surface area contributed by atoms with Crippen LogP contribution in [0.1, 0.15) is 47.0 Å². The lowest BCUT2D eigenvalue weighted by Gasteiger charge is -2.09. The van der Waals surface area contributed by atoms with Crippen molar-refractivity contribution >= 4 is 0 Å². The van der Waals surface area contributed by atoms with Crippen LogP contribution < -0.4 is 0 Å². The van der Waals surface area contributed by atoms with Crippen molar-refractivity contribution in [3.63, 3.8) is 0 Å². The van der Waals surface area contributed by atoms with Crippen LogP contribution in [0.3, 0.4) is 0 Å². The molecule has 0 amide bonds. The molecule has 0 heterocycles. The fourth-order valence-corrected chi connectivity index (χ4v) is 1.14. The Bertz CT molecular complexity index is 134. The van der Waals surface area contributed by atoms with Crippen LogP contribution in [0.2, 0.25) is 0 Å². The first kappa shape index (κ1) is 10.6. The van der Waals surface area contributed by atoms with Gasteiger partial charge in [-0.2, -0.15) is 0 Å². The molecule has 64 valence electrons. The topological polar surface area (TPSA) is 0 Å². The second-order valence-corrected chi connectivity index (χ2v) is 3.41. The van der Waals surface area contributed by atoms with Gasteiger partial charge in [0.05, 0.1) is 0 Å². The Hall–Kier alpha value is -0.440. The van der Waals surface area contributed by atoms with Crippen molar-refractivity contribution in [2.24, 2.45) is 11.8 Å². The van der Waals surface area contributed by atoms with E-state index >= 15 is 0 Å². The normalized spacial score (nSPS) is 12.5. The molecule has 0 aliphatic carbocycles. The molecule has 0 saturated heterocycles. The van der Waals surface area contributed by atoms with Crippen molar-refractivity contribution < 1.29 is 0 Å². The molecule has 0 fully saturated rings. The van der Waals surface area contributed by atoms with E-state index in [1.165, 1.54) is 12.8 Å². The van der Waals surface area contributed by atoms with E-state index in [4.69, 9.17) is 0 Å². The molecule has 0 heteroatoms. The summed E-state index contributed by atoms with van der Waals surface area (Å²) in [5.41, 5.74) is 0. The summed E-state index contributed by atoms with van der Waals surface area (Å²) < 4.78 is 0. The van der Waals surface area contributed by atoms with Gasteiger partial charge in [0, 0.05) is 12.3 Å². The summed E-state index contributed by atoms with van der Waals surface area (Å²) >= 11 is 0. The Balaban J connectivity index is 3.76. The van der Waals surface area contributed by atoms with Gasteiger partial charge < -0.3 is 0 Å². The zero-order chi connectivity index (χ0) is 8.69. The van der Waals surface area contributed by atoms with Crippen molar-refractivity contribution in [3.8, 4) is 11.8 Å². The molecule has 0 nitrogen and oxygen atoms in total. The van der Waals surface area contributed by atoms with Crippen molar-refractivity contribution in [1.29, 1.82) is 0 Å². The van der Waals surface area contributed by atoms with Crippen LogP contribution in [0.4, 0.5) is 0 Å². The summed E-state index contributed by atoms with van der Waals surface area (Å²) in [6, 6.07) is 0. The molecule has 0 aromatic heterocycles. The van der Waals surface area contributed by atoms with Crippen molar-refractivity contribution in [3.05, 3.63) is 0 Å². The molecular formula is C11H20. The first-order chi connectivity index (χ1) is 5.20. The Labute approximate surface area is 71.4 Å². The molecule has 0 radical (unpaired) electrons. The Kier molecular flexibility index (Phi) is 6.03. The molecular weight excluding hydrogens is 132 g/mol. The molecule has 0 rings (SSSR count). The highest BCUT2D eigenvalue weighted by molar-refractivity contribution is 5.02. The van der Waals surface area contributed by atoms with Gasteiger partial charge in [0.15, 0.2) is 0 Å². The highest BCUT2D eigenvalue weighted by atomic mass is 14.1. The van der Waals surface area contributed by atoms with Gasteiger partial charge in [-0.3, -0.25) is 0 Å². The molecule has 0 aliphatic rings. The summed E-state index contributed by atoms with van der Waals surface area (Å²) in [5.74, 6) is 7.87. The van der Waals surface area contributed by atoms with Crippen molar-refractivity contribution in [1.82, 2.24) is 0 Å². The molecule has 0 aliphatic heterocycles. The molecule has 0 spiro atoms. The maximum Gasteiger partial charge on any atom is 0.0202 e. The Morgan fingerprint density at radius 2 is 1.82 bits per heavy atom. The molecule has 0 bridgehead atoms. The summed E-state index contributed by atoms with van der Waals surface area (Å²) in [6.45, 7) is 8.85. The van der Waals surface area contributed by atoms with Crippen molar-refractivity contribution in [2.75, 3.05) is 0 Å². The third-order valence-electron chi connectivity index (χ3n) is 1.73. The standard InChI is InChI=1S/C11H20/c1-5-7-8-11(6-2)9-10(3)4/h10-11H,5-6,9H2,1-4H3. The van der Waals surface area contributed by atoms with E-state index in [1.54, 1.807) is 0 Å². The monoisotopic (exact) mass is 152 g/mol. The second-order valence-electron chi connectivity index (χ2n) is 3.41. The maximum atomic E-state index is 3.30. The number of hydrogen-bond acceptors (Lipinski definition) is 0. The first-order valence-corrected chi connectivity index (χ1v) is 4.69. The fourth-order valence-electron chi connectivity index (χ4n) is 1.14. The molecule has 0 saturated carbocycles. The van der Waals surface area contributed by atoms with E-state index in [-0.39, 0.29) is 0 Å². The summed E-state index contributed by atoms with van der Waals surface area (Å²) in [6.07, 6.45) is 3.45. The minimum Gasteiger partial charge on any atom is -0.103 e. The molecule has 1 unspecified atom stereocenters. The van der Waals surface area contributed by atoms with Gasteiger partial charge in [0.1, 0.15) is 0 Å². The van der Waals surface area contributed by atoms with E-state index < -0.39 is 0 Å². The van der Waals surface area contributed by atoms with Crippen LogP contribution in [0.25, 0.3) is 0 Å². The van der Waals surface area contributed by atoms with Gasteiger partial charge in [-0.15, -0.1) is 5.92 Å². The lowest BCUT2D eigenvalue weighted by molar-refractivity contribution is 0.477. The van der Waals surface area contributed by atoms with Gasteiger partial charge in [-0.1, -0.05) is 33.6 Å².